The minimum atomic E-state index is 0.501. The Morgan fingerprint density at radius 2 is 2.41 bits per heavy atom. The summed E-state index contributed by atoms with van der Waals surface area (Å²) < 4.78 is 5.70. The Kier molecular flexibility index (Phi) is 4.24. The molecule has 1 heterocycles. The highest BCUT2D eigenvalue weighted by atomic mass is 35.5. The predicted molar refractivity (Wildman–Crippen MR) is 67.3 cm³/mol. The quantitative estimate of drug-likeness (QED) is 0.897. The van der Waals surface area contributed by atoms with E-state index in [0.717, 1.165) is 13.1 Å². The van der Waals surface area contributed by atoms with E-state index in [2.05, 4.69) is 11.4 Å². The maximum absolute atomic E-state index is 8.98. The minimum absolute atomic E-state index is 0.501. The van der Waals surface area contributed by atoms with Crippen molar-refractivity contribution < 1.29 is 4.74 Å². The first-order valence-electron chi connectivity index (χ1n) is 5.83. The van der Waals surface area contributed by atoms with Crippen molar-refractivity contribution in [2.45, 2.75) is 12.8 Å². The van der Waals surface area contributed by atoms with Crippen molar-refractivity contribution in [2.75, 3.05) is 19.7 Å². The van der Waals surface area contributed by atoms with E-state index in [1.807, 2.05) is 0 Å². The van der Waals surface area contributed by atoms with Crippen LogP contribution in [0.3, 0.4) is 0 Å². The third-order valence-corrected chi connectivity index (χ3v) is 3.17. The third kappa shape index (κ3) is 3.36. The lowest BCUT2D eigenvalue weighted by Crippen LogP contribution is -2.33. The summed E-state index contributed by atoms with van der Waals surface area (Å²) >= 11 is 5.83. The molecule has 3 nitrogen and oxygen atoms in total. The van der Waals surface area contributed by atoms with E-state index in [9.17, 15) is 0 Å². The maximum atomic E-state index is 8.98. The normalized spacial score (nSPS) is 19.6. The summed E-state index contributed by atoms with van der Waals surface area (Å²) in [5.74, 6) is 1.16. The molecule has 1 atom stereocenters. The van der Waals surface area contributed by atoms with Crippen LogP contribution in [-0.4, -0.2) is 19.7 Å². The zero-order valence-electron chi connectivity index (χ0n) is 9.58. The van der Waals surface area contributed by atoms with Gasteiger partial charge in [0, 0.05) is 17.5 Å². The Balaban J connectivity index is 1.96. The molecule has 17 heavy (non-hydrogen) atoms. The number of nitrogens with one attached hydrogen (secondary N) is 1. The van der Waals surface area contributed by atoms with Crippen LogP contribution in [-0.2, 0) is 0 Å². The van der Waals surface area contributed by atoms with Crippen LogP contribution in [0.25, 0.3) is 0 Å². The van der Waals surface area contributed by atoms with Crippen LogP contribution in [0.5, 0.6) is 5.75 Å². The molecular formula is C13H15ClN2O. The summed E-state index contributed by atoms with van der Waals surface area (Å²) in [5.41, 5.74) is 0.501. The number of benzene rings is 1. The first-order chi connectivity index (χ1) is 8.29. The third-order valence-electron chi connectivity index (χ3n) is 2.94. The fourth-order valence-corrected chi connectivity index (χ4v) is 2.16. The SMILES string of the molecule is N#Cc1cc(Cl)ccc1OCC1CCCNC1. The highest BCUT2D eigenvalue weighted by Crippen LogP contribution is 2.23. The predicted octanol–water partition coefficient (Wildman–Crippen LogP) is 2.59. The van der Waals surface area contributed by atoms with Gasteiger partial charge >= 0.3 is 0 Å². The number of nitriles is 1. The van der Waals surface area contributed by atoms with Crippen molar-refractivity contribution >= 4 is 11.6 Å². The van der Waals surface area contributed by atoms with Gasteiger partial charge in [-0.15, -0.1) is 0 Å². The smallest absolute Gasteiger partial charge is 0.137 e. The molecule has 0 saturated carbocycles. The summed E-state index contributed by atoms with van der Waals surface area (Å²) in [6.07, 6.45) is 2.38. The van der Waals surface area contributed by atoms with Gasteiger partial charge in [0.2, 0.25) is 0 Å². The zero-order valence-corrected chi connectivity index (χ0v) is 10.3. The number of ether oxygens (including phenoxy) is 1. The van der Waals surface area contributed by atoms with Crippen LogP contribution >= 0.6 is 11.6 Å². The van der Waals surface area contributed by atoms with Crippen molar-refractivity contribution in [1.29, 1.82) is 5.26 Å². The molecule has 1 aromatic carbocycles. The molecule has 1 N–H and O–H groups in total. The van der Waals surface area contributed by atoms with Crippen LogP contribution in [0, 0.1) is 17.2 Å². The highest BCUT2D eigenvalue weighted by molar-refractivity contribution is 6.30. The van der Waals surface area contributed by atoms with Crippen molar-refractivity contribution in [1.82, 2.24) is 5.32 Å². The molecule has 1 aliphatic rings. The molecule has 1 aliphatic heterocycles. The van der Waals surface area contributed by atoms with E-state index < -0.39 is 0 Å². The van der Waals surface area contributed by atoms with Gasteiger partial charge in [0.05, 0.1) is 12.2 Å². The largest absolute Gasteiger partial charge is 0.492 e. The van der Waals surface area contributed by atoms with E-state index in [-0.39, 0.29) is 0 Å². The fraction of sp³-hybridized carbons (Fsp3) is 0.462. The number of hydrogen-bond acceptors (Lipinski definition) is 3. The Morgan fingerprint density at radius 3 is 3.12 bits per heavy atom. The zero-order chi connectivity index (χ0) is 12.1. The number of piperidine rings is 1. The second-order valence-electron chi connectivity index (χ2n) is 4.28. The summed E-state index contributed by atoms with van der Waals surface area (Å²) in [6.45, 7) is 2.75. The first kappa shape index (κ1) is 12.2. The minimum Gasteiger partial charge on any atom is -0.492 e. The van der Waals surface area contributed by atoms with Crippen molar-refractivity contribution in [3.63, 3.8) is 0 Å². The van der Waals surface area contributed by atoms with E-state index in [0.29, 0.717) is 28.9 Å². The summed E-state index contributed by atoms with van der Waals surface area (Å²) in [4.78, 5) is 0. The molecule has 0 aromatic heterocycles. The van der Waals surface area contributed by atoms with Crippen LogP contribution in [0.2, 0.25) is 5.02 Å². The van der Waals surface area contributed by atoms with Crippen LogP contribution < -0.4 is 10.1 Å². The molecule has 0 amide bonds. The van der Waals surface area contributed by atoms with Crippen LogP contribution in [0.1, 0.15) is 18.4 Å². The summed E-state index contributed by atoms with van der Waals surface area (Å²) in [5, 5.41) is 12.9. The molecule has 90 valence electrons. The van der Waals surface area contributed by atoms with Crippen molar-refractivity contribution in [3.05, 3.63) is 28.8 Å². The lowest BCUT2D eigenvalue weighted by atomic mass is 10.0. The van der Waals surface area contributed by atoms with Crippen LogP contribution in [0.4, 0.5) is 0 Å². The molecule has 0 aliphatic carbocycles. The highest BCUT2D eigenvalue weighted by Gasteiger charge is 2.14. The van der Waals surface area contributed by atoms with E-state index in [4.69, 9.17) is 21.6 Å². The van der Waals surface area contributed by atoms with Gasteiger partial charge in [-0.2, -0.15) is 5.26 Å². The second kappa shape index (κ2) is 5.90. The monoisotopic (exact) mass is 250 g/mol. The standard InChI is InChI=1S/C13H15ClN2O/c14-12-3-4-13(11(6-12)7-15)17-9-10-2-1-5-16-8-10/h3-4,6,10,16H,1-2,5,8-9H2. The molecule has 1 aromatic rings. The number of halogens is 1. The molecule has 1 fully saturated rings. The first-order valence-corrected chi connectivity index (χ1v) is 6.20. The molecule has 0 radical (unpaired) electrons. The Labute approximate surface area is 106 Å². The Morgan fingerprint density at radius 1 is 1.53 bits per heavy atom. The van der Waals surface area contributed by atoms with Gasteiger partial charge in [0.25, 0.3) is 0 Å². The van der Waals surface area contributed by atoms with Gasteiger partial charge in [0.1, 0.15) is 11.8 Å². The number of hydrogen-bond donors (Lipinski definition) is 1. The Bertz CT molecular complexity index is 422. The van der Waals surface area contributed by atoms with Gasteiger partial charge < -0.3 is 10.1 Å². The topological polar surface area (TPSA) is 45.0 Å². The molecule has 1 unspecified atom stereocenters. The van der Waals surface area contributed by atoms with Gasteiger partial charge in [-0.05, 0) is 37.6 Å². The second-order valence-corrected chi connectivity index (χ2v) is 4.71. The van der Waals surface area contributed by atoms with Crippen molar-refractivity contribution in [2.24, 2.45) is 5.92 Å². The maximum Gasteiger partial charge on any atom is 0.137 e. The Hall–Kier alpha value is -1.24. The van der Waals surface area contributed by atoms with Crippen LogP contribution in [0.15, 0.2) is 18.2 Å². The van der Waals surface area contributed by atoms with E-state index in [1.54, 1.807) is 18.2 Å². The average molecular weight is 251 g/mol. The summed E-state index contributed by atoms with van der Waals surface area (Å²) in [6, 6.07) is 7.24. The van der Waals surface area contributed by atoms with Gasteiger partial charge in [-0.1, -0.05) is 11.6 Å². The van der Waals surface area contributed by atoms with Crippen molar-refractivity contribution in [3.8, 4) is 11.8 Å². The molecule has 1 saturated heterocycles. The lowest BCUT2D eigenvalue weighted by Gasteiger charge is -2.22. The van der Waals surface area contributed by atoms with Gasteiger partial charge in [0.15, 0.2) is 0 Å². The van der Waals surface area contributed by atoms with E-state index in [1.165, 1.54) is 12.8 Å². The van der Waals surface area contributed by atoms with E-state index >= 15 is 0 Å². The molecule has 4 heteroatoms. The number of rotatable bonds is 3. The molecule has 0 bridgehead atoms. The molecular weight excluding hydrogens is 236 g/mol. The van der Waals surface area contributed by atoms with Gasteiger partial charge in [-0.3, -0.25) is 0 Å². The summed E-state index contributed by atoms with van der Waals surface area (Å²) in [7, 11) is 0. The van der Waals surface area contributed by atoms with Gasteiger partial charge in [-0.25, -0.2) is 0 Å². The molecule has 2 rings (SSSR count). The lowest BCUT2D eigenvalue weighted by molar-refractivity contribution is 0.218. The fourth-order valence-electron chi connectivity index (χ4n) is 1.99. The number of nitrogens with zero attached hydrogens (tertiary/aromatic N) is 1. The average Bonchev–Trinajstić information content (AvgIpc) is 2.38. The molecule has 0 spiro atoms.